The molecule has 2 saturated carbocycles. The van der Waals surface area contributed by atoms with Gasteiger partial charge < -0.3 is 10.2 Å². The standard InChI is InChI=1S/C13H21N3O/c1-10-7-13(8-10,9-14)12(17)15-5-6-16(2)11-3-4-11/h10-11H,3-8H2,1-2H3,(H,15,17). The lowest BCUT2D eigenvalue weighted by molar-refractivity contribution is -0.133. The molecule has 0 aromatic heterocycles. The predicted octanol–water partition coefficient (Wildman–Crippen LogP) is 1.14. The maximum atomic E-state index is 11.9. The first-order valence-corrected chi connectivity index (χ1v) is 6.47. The maximum Gasteiger partial charge on any atom is 0.240 e. The van der Waals surface area contributed by atoms with Crippen molar-refractivity contribution in [1.82, 2.24) is 10.2 Å². The molecule has 4 heteroatoms. The zero-order valence-corrected chi connectivity index (χ0v) is 10.7. The van der Waals surface area contributed by atoms with E-state index in [1.54, 1.807) is 0 Å². The van der Waals surface area contributed by atoms with Gasteiger partial charge in [-0.2, -0.15) is 5.26 Å². The number of nitriles is 1. The van der Waals surface area contributed by atoms with Crippen LogP contribution in [0.15, 0.2) is 0 Å². The molecule has 0 spiro atoms. The van der Waals surface area contributed by atoms with Crippen LogP contribution < -0.4 is 5.32 Å². The van der Waals surface area contributed by atoms with Gasteiger partial charge in [0.05, 0.1) is 6.07 Å². The van der Waals surface area contributed by atoms with Crippen molar-refractivity contribution >= 4 is 5.91 Å². The van der Waals surface area contributed by atoms with Gasteiger partial charge in [-0.3, -0.25) is 4.79 Å². The zero-order valence-electron chi connectivity index (χ0n) is 10.7. The van der Waals surface area contributed by atoms with Gasteiger partial charge in [0.15, 0.2) is 0 Å². The molecule has 4 nitrogen and oxygen atoms in total. The average molecular weight is 235 g/mol. The minimum atomic E-state index is -0.725. The Kier molecular flexibility index (Phi) is 3.39. The Hall–Kier alpha value is -1.08. The average Bonchev–Trinajstić information content (AvgIpc) is 3.07. The molecule has 0 aromatic carbocycles. The SMILES string of the molecule is CC1CC(C#N)(C(=O)NCCN(C)C2CC2)C1. The smallest absolute Gasteiger partial charge is 0.240 e. The zero-order chi connectivity index (χ0) is 12.5. The van der Waals surface area contributed by atoms with Gasteiger partial charge in [-0.25, -0.2) is 0 Å². The van der Waals surface area contributed by atoms with E-state index >= 15 is 0 Å². The van der Waals surface area contributed by atoms with E-state index in [4.69, 9.17) is 5.26 Å². The van der Waals surface area contributed by atoms with Crippen LogP contribution in [0.1, 0.15) is 32.6 Å². The van der Waals surface area contributed by atoms with E-state index in [1.807, 2.05) is 0 Å². The van der Waals surface area contributed by atoms with Crippen LogP contribution in [0.2, 0.25) is 0 Å². The second kappa shape index (κ2) is 4.66. The van der Waals surface area contributed by atoms with Gasteiger partial charge in [0.2, 0.25) is 5.91 Å². The number of nitrogens with zero attached hydrogens (tertiary/aromatic N) is 2. The Labute approximate surface area is 103 Å². The highest BCUT2D eigenvalue weighted by Gasteiger charge is 2.48. The molecule has 2 rings (SSSR count). The van der Waals surface area contributed by atoms with E-state index in [0.29, 0.717) is 25.3 Å². The molecular formula is C13H21N3O. The van der Waals surface area contributed by atoms with Gasteiger partial charge in [-0.15, -0.1) is 0 Å². The molecule has 94 valence electrons. The summed E-state index contributed by atoms with van der Waals surface area (Å²) in [4.78, 5) is 14.2. The Morgan fingerprint density at radius 3 is 2.65 bits per heavy atom. The molecule has 1 amide bonds. The van der Waals surface area contributed by atoms with Crippen LogP contribution >= 0.6 is 0 Å². The highest BCUT2D eigenvalue weighted by molar-refractivity contribution is 5.86. The fourth-order valence-corrected chi connectivity index (χ4v) is 2.67. The van der Waals surface area contributed by atoms with Crippen LogP contribution in [0.3, 0.4) is 0 Å². The van der Waals surface area contributed by atoms with E-state index in [2.05, 4.69) is 30.3 Å². The van der Waals surface area contributed by atoms with Crippen molar-refractivity contribution in [2.75, 3.05) is 20.1 Å². The third kappa shape index (κ3) is 2.61. The van der Waals surface area contributed by atoms with Gasteiger partial charge in [-0.05, 0) is 38.6 Å². The van der Waals surface area contributed by atoms with E-state index in [1.165, 1.54) is 12.8 Å². The van der Waals surface area contributed by atoms with Crippen molar-refractivity contribution in [1.29, 1.82) is 5.26 Å². The van der Waals surface area contributed by atoms with Crippen LogP contribution in [-0.2, 0) is 4.79 Å². The van der Waals surface area contributed by atoms with Gasteiger partial charge in [-0.1, -0.05) is 6.92 Å². The highest BCUT2D eigenvalue weighted by Crippen LogP contribution is 2.44. The number of amides is 1. The van der Waals surface area contributed by atoms with Crippen LogP contribution in [0.4, 0.5) is 0 Å². The molecule has 0 bridgehead atoms. The van der Waals surface area contributed by atoms with E-state index < -0.39 is 5.41 Å². The number of carbonyl (C=O) groups is 1. The third-order valence-electron chi connectivity index (χ3n) is 3.96. The molecule has 0 atom stereocenters. The Balaban J connectivity index is 1.71. The number of hydrogen-bond donors (Lipinski definition) is 1. The maximum absolute atomic E-state index is 11.9. The first kappa shape index (κ1) is 12.4. The van der Waals surface area contributed by atoms with E-state index in [9.17, 15) is 4.79 Å². The molecule has 0 radical (unpaired) electrons. The lowest BCUT2D eigenvalue weighted by Crippen LogP contribution is -2.49. The van der Waals surface area contributed by atoms with Crippen LogP contribution in [-0.4, -0.2) is 37.0 Å². The molecular weight excluding hydrogens is 214 g/mol. The predicted molar refractivity (Wildman–Crippen MR) is 65.1 cm³/mol. The second-order valence-corrected chi connectivity index (χ2v) is 5.68. The van der Waals surface area contributed by atoms with Crippen molar-refractivity contribution < 1.29 is 4.79 Å². The lowest BCUT2D eigenvalue weighted by Gasteiger charge is -2.39. The molecule has 2 fully saturated rings. The second-order valence-electron chi connectivity index (χ2n) is 5.68. The minimum Gasteiger partial charge on any atom is -0.353 e. The Bertz CT molecular complexity index is 337. The first-order valence-electron chi connectivity index (χ1n) is 6.47. The Morgan fingerprint density at radius 1 is 1.53 bits per heavy atom. The quantitative estimate of drug-likeness (QED) is 0.777. The van der Waals surface area contributed by atoms with Crippen LogP contribution in [0.25, 0.3) is 0 Å². The molecule has 0 saturated heterocycles. The fourth-order valence-electron chi connectivity index (χ4n) is 2.67. The monoisotopic (exact) mass is 235 g/mol. The summed E-state index contributed by atoms with van der Waals surface area (Å²) in [6.45, 7) is 3.63. The molecule has 2 aliphatic carbocycles. The normalized spacial score (nSPS) is 31.8. The van der Waals surface area contributed by atoms with Crippen LogP contribution in [0, 0.1) is 22.7 Å². The first-order chi connectivity index (χ1) is 8.07. The minimum absolute atomic E-state index is 0.0673. The topological polar surface area (TPSA) is 56.1 Å². The number of likely N-dealkylation sites (N-methyl/N-ethyl adjacent to an activating group) is 1. The van der Waals surface area contributed by atoms with Crippen LogP contribution in [0.5, 0.6) is 0 Å². The summed E-state index contributed by atoms with van der Waals surface area (Å²) in [5.74, 6) is 0.442. The summed E-state index contributed by atoms with van der Waals surface area (Å²) in [7, 11) is 2.09. The summed E-state index contributed by atoms with van der Waals surface area (Å²) in [6.07, 6.45) is 4.00. The van der Waals surface area contributed by atoms with Crippen molar-refractivity contribution in [2.45, 2.75) is 38.6 Å². The molecule has 0 aliphatic heterocycles. The van der Waals surface area contributed by atoms with E-state index in [-0.39, 0.29) is 5.91 Å². The van der Waals surface area contributed by atoms with Crippen molar-refractivity contribution in [3.63, 3.8) is 0 Å². The summed E-state index contributed by atoms with van der Waals surface area (Å²) >= 11 is 0. The molecule has 0 heterocycles. The number of rotatable bonds is 5. The van der Waals surface area contributed by atoms with Gasteiger partial charge in [0, 0.05) is 19.1 Å². The fraction of sp³-hybridized carbons (Fsp3) is 0.846. The largest absolute Gasteiger partial charge is 0.353 e. The summed E-state index contributed by atoms with van der Waals surface area (Å²) in [5.41, 5.74) is -0.725. The number of hydrogen-bond acceptors (Lipinski definition) is 3. The molecule has 2 aliphatic rings. The van der Waals surface area contributed by atoms with Gasteiger partial charge in [0.25, 0.3) is 0 Å². The highest BCUT2D eigenvalue weighted by atomic mass is 16.2. The van der Waals surface area contributed by atoms with Crippen molar-refractivity contribution in [3.05, 3.63) is 0 Å². The van der Waals surface area contributed by atoms with E-state index in [0.717, 1.165) is 12.6 Å². The summed E-state index contributed by atoms with van der Waals surface area (Å²) in [5, 5.41) is 12.0. The van der Waals surface area contributed by atoms with Gasteiger partial charge in [0.1, 0.15) is 5.41 Å². The number of nitrogens with one attached hydrogen (secondary N) is 1. The molecule has 1 N–H and O–H groups in total. The molecule has 0 aromatic rings. The molecule has 0 unspecified atom stereocenters. The third-order valence-corrected chi connectivity index (χ3v) is 3.96. The summed E-state index contributed by atoms with van der Waals surface area (Å²) < 4.78 is 0. The number of carbonyl (C=O) groups excluding carboxylic acids is 1. The lowest BCUT2D eigenvalue weighted by atomic mass is 9.63. The van der Waals surface area contributed by atoms with Crippen molar-refractivity contribution in [2.24, 2.45) is 11.3 Å². The molecule has 17 heavy (non-hydrogen) atoms. The summed E-state index contributed by atoms with van der Waals surface area (Å²) in [6, 6.07) is 2.92. The Morgan fingerprint density at radius 2 is 2.18 bits per heavy atom. The van der Waals surface area contributed by atoms with Gasteiger partial charge >= 0.3 is 0 Å². The van der Waals surface area contributed by atoms with Crippen molar-refractivity contribution in [3.8, 4) is 6.07 Å².